The molecule has 0 atom stereocenters. The standard InChI is InChI=1S/C17H15NO5S/c1-18-8-7-14-15(18)9-11(17(19)20)10-16(14)23-12-3-5-13(6-4-12)24(2,21)22/h3-10H,1-2H3,(H,19,20). The summed E-state index contributed by atoms with van der Waals surface area (Å²) in [4.78, 5) is 11.5. The lowest BCUT2D eigenvalue weighted by Gasteiger charge is -2.10. The molecule has 0 amide bonds. The molecule has 2 aromatic carbocycles. The number of hydrogen-bond acceptors (Lipinski definition) is 4. The SMILES string of the molecule is Cn1ccc2c(Oc3ccc(S(C)(=O)=O)cc3)cc(C(=O)O)cc21. The van der Waals surface area contributed by atoms with Gasteiger partial charge in [-0.1, -0.05) is 0 Å². The highest BCUT2D eigenvalue weighted by molar-refractivity contribution is 7.90. The molecule has 24 heavy (non-hydrogen) atoms. The molecule has 3 aromatic rings. The van der Waals surface area contributed by atoms with Crippen molar-refractivity contribution in [3.8, 4) is 11.5 Å². The Labute approximate surface area is 138 Å². The predicted molar refractivity (Wildman–Crippen MR) is 89.5 cm³/mol. The summed E-state index contributed by atoms with van der Waals surface area (Å²) in [5.74, 6) is -0.219. The van der Waals surface area contributed by atoms with Crippen LogP contribution in [-0.4, -0.2) is 30.3 Å². The average molecular weight is 345 g/mol. The number of sulfone groups is 1. The summed E-state index contributed by atoms with van der Waals surface area (Å²) in [6.07, 6.45) is 2.95. The van der Waals surface area contributed by atoms with Gasteiger partial charge in [-0.25, -0.2) is 13.2 Å². The molecule has 0 aliphatic rings. The van der Waals surface area contributed by atoms with E-state index in [4.69, 9.17) is 4.74 Å². The Bertz CT molecular complexity index is 1030. The van der Waals surface area contributed by atoms with Crippen LogP contribution in [0.4, 0.5) is 0 Å². The Balaban J connectivity index is 2.05. The number of ether oxygens (including phenoxy) is 1. The second-order valence-corrected chi connectivity index (χ2v) is 7.50. The third-order valence-corrected chi connectivity index (χ3v) is 4.82. The maximum Gasteiger partial charge on any atom is 0.335 e. The maximum absolute atomic E-state index is 11.5. The van der Waals surface area contributed by atoms with Crippen molar-refractivity contribution < 1.29 is 23.1 Å². The summed E-state index contributed by atoms with van der Waals surface area (Å²) >= 11 is 0. The minimum Gasteiger partial charge on any atom is -0.478 e. The molecular weight excluding hydrogens is 330 g/mol. The van der Waals surface area contributed by atoms with E-state index in [1.807, 2.05) is 19.3 Å². The summed E-state index contributed by atoms with van der Waals surface area (Å²) in [7, 11) is -1.46. The van der Waals surface area contributed by atoms with Crippen molar-refractivity contribution in [3.63, 3.8) is 0 Å². The normalized spacial score (nSPS) is 11.6. The summed E-state index contributed by atoms with van der Waals surface area (Å²) in [5, 5.41) is 10.0. The van der Waals surface area contributed by atoms with Gasteiger partial charge >= 0.3 is 5.97 Å². The number of fused-ring (bicyclic) bond motifs is 1. The van der Waals surface area contributed by atoms with E-state index in [1.54, 1.807) is 22.8 Å². The van der Waals surface area contributed by atoms with Crippen molar-refractivity contribution >= 4 is 26.7 Å². The molecule has 0 radical (unpaired) electrons. The first kappa shape index (κ1) is 16.1. The molecule has 1 N–H and O–H groups in total. The van der Waals surface area contributed by atoms with E-state index in [-0.39, 0.29) is 10.5 Å². The van der Waals surface area contributed by atoms with Crippen LogP contribution in [0.1, 0.15) is 10.4 Å². The Morgan fingerprint density at radius 1 is 1.12 bits per heavy atom. The Kier molecular flexibility index (Phi) is 3.81. The van der Waals surface area contributed by atoms with Crippen LogP contribution in [0.15, 0.2) is 53.6 Å². The number of carboxylic acids is 1. The molecule has 1 heterocycles. The molecule has 3 rings (SSSR count). The van der Waals surface area contributed by atoms with Gasteiger partial charge in [0.2, 0.25) is 0 Å². The van der Waals surface area contributed by atoms with Gasteiger partial charge in [0.1, 0.15) is 11.5 Å². The van der Waals surface area contributed by atoms with Gasteiger partial charge in [-0.15, -0.1) is 0 Å². The number of aromatic nitrogens is 1. The fourth-order valence-corrected chi connectivity index (χ4v) is 3.06. The molecule has 0 saturated carbocycles. The van der Waals surface area contributed by atoms with Crippen LogP contribution in [0.5, 0.6) is 11.5 Å². The lowest BCUT2D eigenvalue weighted by molar-refractivity contribution is 0.0696. The van der Waals surface area contributed by atoms with E-state index < -0.39 is 15.8 Å². The molecule has 7 heteroatoms. The largest absolute Gasteiger partial charge is 0.478 e. The number of aromatic carboxylic acids is 1. The molecule has 0 spiro atoms. The van der Waals surface area contributed by atoms with Crippen molar-refractivity contribution in [2.24, 2.45) is 7.05 Å². The molecule has 0 unspecified atom stereocenters. The molecule has 6 nitrogen and oxygen atoms in total. The van der Waals surface area contributed by atoms with Crippen molar-refractivity contribution in [2.45, 2.75) is 4.90 Å². The van der Waals surface area contributed by atoms with E-state index >= 15 is 0 Å². The first-order chi connectivity index (χ1) is 11.3. The lowest BCUT2D eigenvalue weighted by Crippen LogP contribution is -1.99. The van der Waals surface area contributed by atoms with Crippen LogP contribution in [0, 0.1) is 0 Å². The van der Waals surface area contributed by atoms with Crippen LogP contribution >= 0.6 is 0 Å². The second kappa shape index (κ2) is 5.68. The fourth-order valence-electron chi connectivity index (χ4n) is 2.43. The number of hydrogen-bond donors (Lipinski definition) is 1. The molecular formula is C17H15NO5S. The Morgan fingerprint density at radius 3 is 2.38 bits per heavy atom. The summed E-state index contributed by atoms with van der Waals surface area (Å²) in [6, 6.07) is 10.9. The quantitative estimate of drug-likeness (QED) is 0.785. The monoisotopic (exact) mass is 345 g/mol. The number of carbonyl (C=O) groups is 1. The van der Waals surface area contributed by atoms with Crippen LogP contribution in [0.2, 0.25) is 0 Å². The maximum atomic E-state index is 11.5. The van der Waals surface area contributed by atoms with Gasteiger partial charge < -0.3 is 14.4 Å². The van der Waals surface area contributed by atoms with Gasteiger partial charge in [-0.05, 0) is 42.5 Å². The average Bonchev–Trinajstić information content (AvgIpc) is 2.88. The van der Waals surface area contributed by atoms with Gasteiger partial charge in [0, 0.05) is 24.9 Å². The zero-order valence-corrected chi connectivity index (χ0v) is 13.9. The molecule has 0 bridgehead atoms. The molecule has 0 saturated heterocycles. The molecule has 0 aliphatic carbocycles. The van der Waals surface area contributed by atoms with Crippen molar-refractivity contribution in [3.05, 3.63) is 54.2 Å². The van der Waals surface area contributed by atoms with Gasteiger partial charge in [0.15, 0.2) is 9.84 Å². The Morgan fingerprint density at radius 2 is 1.79 bits per heavy atom. The first-order valence-corrected chi connectivity index (χ1v) is 8.95. The number of rotatable bonds is 4. The van der Waals surface area contributed by atoms with Gasteiger partial charge in [0.25, 0.3) is 0 Å². The first-order valence-electron chi connectivity index (χ1n) is 7.06. The van der Waals surface area contributed by atoms with Crippen LogP contribution in [0.3, 0.4) is 0 Å². The molecule has 1 aromatic heterocycles. The zero-order valence-electron chi connectivity index (χ0n) is 13.1. The highest BCUT2D eigenvalue weighted by Crippen LogP contribution is 2.32. The van der Waals surface area contributed by atoms with Crippen LogP contribution in [0.25, 0.3) is 10.9 Å². The third-order valence-electron chi connectivity index (χ3n) is 3.69. The van der Waals surface area contributed by atoms with Gasteiger partial charge in [-0.3, -0.25) is 0 Å². The van der Waals surface area contributed by atoms with E-state index in [0.29, 0.717) is 11.5 Å². The van der Waals surface area contributed by atoms with Crippen molar-refractivity contribution in [2.75, 3.05) is 6.26 Å². The minimum atomic E-state index is -3.28. The highest BCUT2D eigenvalue weighted by Gasteiger charge is 2.13. The molecule has 0 fully saturated rings. The number of aryl methyl sites for hydroxylation is 1. The third kappa shape index (κ3) is 2.98. The van der Waals surface area contributed by atoms with Gasteiger partial charge in [0.05, 0.1) is 16.0 Å². The van der Waals surface area contributed by atoms with Crippen LogP contribution in [-0.2, 0) is 16.9 Å². The summed E-state index contributed by atoms with van der Waals surface area (Å²) in [5.41, 5.74) is 0.852. The topological polar surface area (TPSA) is 85.6 Å². The molecule has 0 aliphatic heterocycles. The van der Waals surface area contributed by atoms with E-state index in [2.05, 4.69) is 0 Å². The lowest BCUT2D eigenvalue weighted by atomic mass is 10.1. The van der Waals surface area contributed by atoms with Gasteiger partial charge in [-0.2, -0.15) is 0 Å². The highest BCUT2D eigenvalue weighted by atomic mass is 32.2. The van der Waals surface area contributed by atoms with Crippen molar-refractivity contribution in [1.29, 1.82) is 0 Å². The zero-order chi connectivity index (χ0) is 17.5. The number of nitrogens with zero attached hydrogens (tertiary/aromatic N) is 1. The fraction of sp³-hybridized carbons (Fsp3) is 0.118. The van der Waals surface area contributed by atoms with E-state index in [1.165, 1.54) is 18.2 Å². The van der Waals surface area contributed by atoms with E-state index in [0.717, 1.165) is 17.2 Å². The number of carboxylic acid groups (broad SMARTS) is 1. The minimum absolute atomic E-state index is 0.118. The smallest absolute Gasteiger partial charge is 0.335 e. The van der Waals surface area contributed by atoms with Crippen molar-refractivity contribution in [1.82, 2.24) is 4.57 Å². The summed E-state index contributed by atoms with van der Waals surface area (Å²) < 4.78 is 30.6. The number of benzene rings is 2. The molecule has 124 valence electrons. The summed E-state index contributed by atoms with van der Waals surface area (Å²) in [6.45, 7) is 0. The second-order valence-electron chi connectivity index (χ2n) is 5.48. The predicted octanol–water partition coefficient (Wildman–Crippen LogP) is 3.07. The van der Waals surface area contributed by atoms with Crippen LogP contribution < -0.4 is 4.74 Å². The Hall–Kier alpha value is -2.80. The van der Waals surface area contributed by atoms with E-state index in [9.17, 15) is 18.3 Å².